The van der Waals surface area contributed by atoms with Gasteiger partial charge in [-0.3, -0.25) is 0 Å². The lowest BCUT2D eigenvalue weighted by Crippen LogP contribution is -2.24. The van der Waals surface area contributed by atoms with Crippen LogP contribution in [0.15, 0.2) is 41.4 Å². The number of phenolic OH excluding ortho intramolecular Hbond substituents is 1. The van der Waals surface area contributed by atoms with Crippen LogP contribution < -0.4 is 9.62 Å². The SMILES string of the molecule is CN(C)c1cc(CNS(=O)(=O)c2cc(C(F)(F)F)ccc2O)ccn1. The van der Waals surface area contributed by atoms with Crippen LogP contribution in [-0.4, -0.2) is 32.6 Å². The van der Waals surface area contributed by atoms with Gasteiger partial charge in [0.05, 0.1) is 5.56 Å². The van der Waals surface area contributed by atoms with Crippen molar-refractivity contribution < 1.29 is 26.7 Å². The number of halogens is 3. The van der Waals surface area contributed by atoms with Crippen LogP contribution >= 0.6 is 0 Å². The van der Waals surface area contributed by atoms with Gasteiger partial charge in [-0.05, 0) is 35.9 Å². The summed E-state index contributed by atoms with van der Waals surface area (Å²) in [6.07, 6.45) is -3.23. The van der Waals surface area contributed by atoms with E-state index in [0.717, 1.165) is 0 Å². The first-order valence-corrected chi connectivity index (χ1v) is 8.51. The van der Waals surface area contributed by atoms with Crippen molar-refractivity contribution in [1.29, 1.82) is 0 Å². The van der Waals surface area contributed by atoms with Gasteiger partial charge in [-0.15, -0.1) is 0 Å². The largest absolute Gasteiger partial charge is 0.507 e. The number of aromatic nitrogens is 1. The van der Waals surface area contributed by atoms with Crippen molar-refractivity contribution in [3.05, 3.63) is 47.7 Å². The molecule has 25 heavy (non-hydrogen) atoms. The molecule has 0 unspecified atom stereocenters. The Morgan fingerprint density at radius 2 is 1.88 bits per heavy atom. The standard InChI is InChI=1S/C15H16F3N3O3S/c1-21(2)14-7-10(5-6-19-14)9-20-25(23,24)13-8-11(15(16,17)18)3-4-12(13)22/h3-8,20,22H,9H2,1-2H3. The molecule has 136 valence electrons. The number of pyridine rings is 1. The van der Waals surface area contributed by atoms with Gasteiger partial charge in [-0.1, -0.05) is 0 Å². The number of rotatable bonds is 5. The Bertz CT molecular complexity index is 868. The summed E-state index contributed by atoms with van der Waals surface area (Å²) in [6.45, 7) is -0.165. The minimum atomic E-state index is -4.72. The van der Waals surface area contributed by atoms with E-state index in [4.69, 9.17) is 0 Å². The third-order valence-electron chi connectivity index (χ3n) is 3.31. The highest BCUT2D eigenvalue weighted by Gasteiger charge is 2.33. The molecular weight excluding hydrogens is 359 g/mol. The Morgan fingerprint density at radius 3 is 2.48 bits per heavy atom. The maximum atomic E-state index is 12.8. The minimum absolute atomic E-state index is 0.165. The van der Waals surface area contributed by atoms with Crippen LogP contribution in [0.1, 0.15) is 11.1 Å². The van der Waals surface area contributed by atoms with Crippen molar-refractivity contribution in [3.63, 3.8) is 0 Å². The van der Waals surface area contributed by atoms with Gasteiger partial charge in [-0.25, -0.2) is 18.1 Å². The molecule has 2 aromatic rings. The second kappa shape index (κ2) is 6.89. The maximum absolute atomic E-state index is 12.8. The fraction of sp³-hybridized carbons (Fsp3) is 0.267. The summed E-state index contributed by atoms with van der Waals surface area (Å²) in [7, 11) is -0.817. The summed E-state index contributed by atoms with van der Waals surface area (Å²) in [5.74, 6) is -0.164. The van der Waals surface area contributed by atoms with E-state index < -0.39 is 32.4 Å². The van der Waals surface area contributed by atoms with E-state index in [2.05, 4.69) is 9.71 Å². The topological polar surface area (TPSA) is 82.5 Å². The fourth-order valence-electron chi connectivity index (χ4n) is 1.98. The highest BCUT2D eigenvalue weighted by atomic mass is 32.2. The molecule has 0 fully saturated rings. The Hall–Kier alpha value is -2.33. The van der Waals surface area contributed by atoms with E-state index in [0.29, 0.717) is 29.6 Å². The normalized spacial score (nSPS) is 12.2. The Labute approximate surface area is 143 Å². The quantitative estimate of drug-likeness (QED) is 0.838. The molecule has 6 nitrogen and oxygen atoms in total. The van der Waals surface area contributed by atoms with Crippen LogP contribution in [0.5, 0.6) is 5.75 Å². The molecule has 0 amide bonds. The first-order chi connectivity index (χ1) is 11.5. The average molecular weight is 375 g/mol. The first-order valence-electron chi connectivity index (χ1n) is 7.03. The van der Waals surface area contributed by atoms with E-state index in [1.54, 1.807) is 31.1 Å². The van der Waals surface area contributed by atoms with Crippen molar-refractivity contribution in [2.24, 2.45) is 0 Å². The van der Waals surface area contributed by atoms with E-state index in [9.17, 15) is 26.7 Å². The zero-order valence-electron chi connectivity index (χ0n) is 13.4. The molecular formula is C15H16F3N3O3S. The molecule has 1 aromatic carbocycles. The maximum Gasteiger partial charge on any atom is 0.416 e. The van der Waals surface area contributed by atoms with Gasteiger partial charge in [0.2, 0.25) is 10.0 Å². The number of nitrogens with zero attached hydrogens (tertiary/aromatic N) is 2. The number of sulfonamides is 1. The molecule has 0 saturated carbocycles. The van der Waals surface area contributed by atoms with Gasteiger partial charge in [0, 0.05) is 26.8 Å². The number of benzene rings is 1. The Kier molecular flexibility index (Phi) is 5.23. The van der Waals surface area contributed by atoms with Gasteiger partial charge in [0.15, 0.2) is 0 Å². The predicted octanol–water partition coefficient (Wildman–Crippen LogP) is 2.35. The van der Waals surface area contributed by atoms with Crippen molar-refractivity contribution in [3.8, 4) is 5.75 Å². The van der Waals surface area contributed by atoms with Crippen LogP contribution in [-0.2, 0) is 22.7 Å². The summed E-state index contributed by atoms with van der Waals surface area (Å²) < 4.78 is 64.9. The summed E-state index contributed by atoms with van der Waals surface area (Å²) in [6, 6.07) is 4.92. The number of alkyl halides is 3. The molecule has 0 aliphatic carbocycles. The van der Waals surface area contributed by atoms with Gasteiger partial charge < -0.3 is 10.0 Å². The molecule has 0 radical (unpaired) electrons. The Morgan fingerprint density at radius 1 is 1.20 bits per heavy atom. The zero-order chi connectivity index (χ0) is 18.8. The van der Waals surface area contributed by atoms with Crippen molar-refractivity contribution in [2.45, 2.75) is 17.6 Å². The van der Waals surface area contributed by atoms with E-state index in [1.165, 1.54) is 6.20 Å². The molecule has 0 bridgehead atoms. The molecule has 10 heteroatoms. The van der Waals surface area contributed by atoms with Gasteiger partial charge in [-0.2, -0.15) is 13.2 Å². The van der Waals surface area contributed by atoms with Crippen LogP contribution in [0.3, 0.4) is 0 Å². The molecule has 0 spiro atoms. The lowest BCUT2D eigenvalue weighted by Gasteiger charge is -2.14. The van der Waals surface area contributed by atoms with E-state index in [-0.39, 0.29) is 6.54 Å². The lowest BCUT2D eigenvalue weighted by molar-refractivity contribution is -0.137. The fourth-order valence-corrected chi connectivity index (χ4v) is 3.11. The van der Waals surface area contributed by atoms with Gasteiger partial charge >= 0.3 is 6.18 Å². The molecule has 1 heterocycles. The van der Waals surface area contributed by atoms with Gasteiger partial charge in [0.1, 0.15) is 16.5 Å². The van der Waals surface area contributed by atoms with E-state index >= 15 is 0 Å². The zero-order valence-corrected chi connectivity index (χ0v) is 14.2. The van der Waals surface area contributed by atoms with Crippen LogP contribution in [0.2, 0.25) is 0 Å². The lowest BCUT2D eigenvalue weighted by atomic mass is 10.2. The number of hydrogen-bond acceptors (Lipinski definition) is 5. The predicted molar refractivity (Wildman–Crippen MR) is 85.7 cm³/mol. The third-order valence-corrected chi connectivity index (χ3v) is 4.74. The average Bonchev–Trinajstić information content (AvgIpc) is 2.52. The Balaban J connectivity index is 2.26. The van der Waals surface area contributed by atoms with Crippen molar-refractivity contribution in [2.75, 3.05) is 19.0 Å². The molecule has 0 saturated heterocycles. The summed E-state index contributed by atoms with van der Waals surface area (Å²) >= 11 is 0. The molecule has 2 rings (SSSR count). The molecule has 1 aromatic heterocycles. The summed E-state index contributed by atoms with van der Waals surface area (Å²) in [4.78, 5) is 4.97. The number of phenols is 1. The number of hydrogen-bond donors (Lipinski definition) is 2. The van der Waals surface area contributed by atoms with Gasteiger partial charge in [0.25, 0.3) is 0 Å². The molecule has 2 N–H and O–H groups in total. The summed E-state index contributed by atoms with van der Waals surface area (Å²) in [5.41, 5.74) is -0.599. The van der Waals surface area contributed by atoms with Crippen LogP contribution in [0.25, 0.3) is 0 Å². The molecule has 0 aliphatic heterocycles. The van der Waals surface area contributed by atoms with E-state index in [1.807, 2.05) is 0 Å². The first kappa shape index (κ1) is 19.0. The monoisotopic (exact) mass is 375 g/mol. The second-order valence-electron chi connectivity index (χ2n) is 5.42. The smallest absolute Gasteiger partial charge is 0.416 e. The highest BCUT2D eigenvalue weighted by Crippen LogP contribution is 2.33. The number of aromatic hydroxyl groups is 1. The third kappa shape index (κ3) is 4.60. The van der Waals surface area contributed by atoms with Crippen molar-refractivity contribution >= 4 is 15.8 Å². The highest BCUT2D eigenvalue weighted by molar-refractivity contribution is 7.89. The van der Waals surface area contributed by atoms with Crippen LogP contribution in [0.4, 0.5) is 19.0 Å². The summed E-state index contributed by atoms with van der Waals surface area (Å²) in [5, 5.41) is 9.65. The second-order valence-corrected chi connectivity index (χ2v) is 7.16. The minimum Gasteiger partial charge on any atom is -0.507 e. The number of anilines is 1. The number of nitrogens with one attached hydrogen (secondary N) is 1. The molecule has 0 aliphatic rings. The molecule has 0 atom stereocenters. The van der Waals surface area contributed by atoms with Crippen LogP contribution in [0, 0.1) is 0 Å². The van der Waals surface area contributed by atoms with Crippen molar-refractivity contribution in [1.82, 2.24) is 9.71 Å².